The summed E-state index contributed by atoms with van der Waals surface area (Å²) >= 11 is 3.55. The first kappa shape index (κ1) is 23.4. The molecule has 0 radical (unpaired) electrons. The van der Waals surface area contributed by atoms with E-state index in [-0.39, 0.29) is 0 Å². The van der Waals surface area contributed by atoms with Crippen molar-refractivity contribution in [1.29, 1.82) is 0 Å². The van der Waals surface area contributed by atoms with Crippen molar-refractivity contribution in [3.05, 3.63) is 22.9 Å². The first-order chi connectivity index (χ1) is 14.9. The summed E-state index contributed by atoms with van der Waals surface area (Å²) in [6, 6.07) is 4.45. The Balaban J connectivity index is 1.64. The maximum atomic E-state index is 6.40. The standard InChI is InChI=1S/C26H38O2S2/c1-3-5-7-9-11-13-17-27-23-24(28-18-14-12-10-8-6-4-2)26-22(16-20-30-26)21-15-19-29-25(21)23/h15-16,19-20H,3-14,17-18H2,1-2H3. The van der Waals surface area contributed by atoms with Gasteiger partial charge in [-0.15, -0.1) is 22.7 Å². The predicted molar refractivity (Wildman–Crippen MR) is 135 cm³/mol. The van der Waals surface area contributed by atoms with Gasteiger partial charge in [-0.25, -0.2) is 0 Å². The van der Waals surface area contributed by atoms with Crippen LogP contribution in [0.15, 0.2) is 22.9 Å². The van der Waals surface area contributed by atoms with Crippen LogP contribution in [0.2, 0.25) is 0 Å². The van der Waals surface area contributed by atoms with E-state index in [1.54, 1.807) is 22.7 Å². The molecular weight excluding hydrogens is 408 g/mol. The van der Waals surface area contributed by atoms with Crippen molar-refractivity contribution in [2.24, 2.45) is 0 Å². The minimum Gasteiger partial charge on any atom is -0.488 e. The fraction of sp³-hybridized carbons (Fsp3) is 0.615. The average molecular weight is 447 g/mol. The van der Waals surface area contributed by atoms with Crippen LogP contribution in [-0.2, 0) is 0 Å². The molecule has 0 saturated carbocycles. The van der Waals surface area contributed by atoms with Crippen LogP contribution >= 0.6 is 22.7 Å². The molecule has 2 heterocycles. The van der Waals surface area contributed by atoms with E-state index >= 15 is 0 Å². The summed E-state index contributed by atoms with van der Waals surface area (Å²) in [5.74, 6) is 1.96. The molecule has 0 bridgehead atoms. The van der Waals surface area contributed by atoms with Gasteiger partial charge in [0.05, 0.1) is 22.6 Å². The number of benzene rings is 1. The lowest BCUT2D eigenvalue weighted by molar-refractivity contribution is 0.264. The molecule has 0 aliphatic carbocycles. The van der Waals surface area contributed by atoms with Crippen LogP contribution in [0.3, 0.4) is 0 Å². The maximum Gasteiger partial charge on any atom is 0.180 e. The van der Waals surface area contributed by atoms with Crippen LogP contribution in [0.5, 0.6) is 11.5 Å². The molecule has 1 aromatic carbocycles. The SMILES string of the molecule is CCCCCCCCOc1c(OCCCCCCCC)c2sccc2c2ccsc12. The monoisotopic (exact) mass is 446 g/mol. The van der Waals surface area contributed by atoms with Gasteiger partial charge in [0.1, 0.15) is 0 Å². The van der Waals surface area contributed by atoms with Gasteiger partial charge >= 0.3 is 0 Å². The molecule has 2 nitrogen and oxygen atoms in total. The van der Waals surface area contributed by atoms with Crippen LogP contribution in [-0.4, -0.2) is 13.2 Å². The third-order valence-electron chi connectivity index (χ3n) is 5.73. The number of ether oxygens (including phenoxy) is 2. The van der Waals surface area contributed by atoms with E-state index in [9.17, 15) is 0 Å². The van der Waals surface area contributed by atoms with Crippen molar-refractivity contribution >= 4 is 42.8 Å². The van der Waals surface area contributed by atoms with Crippen LogP contribution in [0.1, 0.15) is 90.9 Å². The largest absolute Gasteiger partial charge is 0.488 e. The fourth-order valence-corrected chi connectivity index (χ4v) is 5.78. The lowest BCUT2D eigenvalue weighted by Crippen LogP contribution is -2.03. The van der Waals surface area contributed by atoms with Gasteiger partial charge in [-0.3, -0.25) is 0 Å². The topological polar surface area (TPSA) is 18.5 Å². The molecule has 0 aliphatic heterocycles. The third-order valence-corrected chi connectivity index (χ3v) is 7.55. The number of hydrogen-bond donors (Lipinski definition) is 0. The fourth-order valence-electron chi connectivity index (χ4n) is 3.98. The van der Waals surface area contributed by atoms with Gasteiger partial charge in [0.25, 0.3) is 0 Å². The van der Waals surface area contributed by atoms with Crippen molar-refractivity contribution in [1.82, 2.24) is 0 Å². The van der Waals surface area contributed by atoms with Crippen molar-refractivity contribution in [3.63, 3.8) is 0 Å². The van der Waals surface area contributed by atoms with Gasteiger partial charge in [-0.2, -0.15) is 0 Å². The summed E-state index contributed by atoms with van der Waals surface area (Å²) in [6.45, 7) is 6.10. The van der Waals surface area contributed by atoms with E-state index in [4.69, 9.17) is 9.47 Å². The summed E-state index contributed by atoms with van der Waals surface area (Å²) in [7, 11) is 0. The Bertz CT molecular complexity index is 793. The molecule has 0 spiro atoms. The minimum atomic E-state index is 0.781. The molecule has 3 aromatic rings. The van der Waals surface area contributed by atoms with Gasteiger partial charge < -0.3 is 9.47 Å². The van der Waals surface area contributed by atoms with Gasteiger partial charge in [0.15, 0.2) is 11.5 Å². The number of hydrogen-bond acceptors (Lipinski definition) is 4. The normalized spacial score (nSPS) is 11.5. The Hall–Kier alpha value is -1.26. The summed E-state index contributed by atoms with van der Waals surface area (Å²) < 4.78 is 15.3. The van der Waals surface area contributed by atoms with E-state index < -0.39 is 0 Å². The zero-order valence-corrected chi connectivity index (χ0v) is 20.5. The van der Waals surface area contributed by atoms with Crippen LogP contribution in [0.25, 0.3) is 20.2 Å². The predicted octanol–water partition coefficient (Wildman–Crippen LogP) is 9.59. The number of thiophene rings is 2. The van der Waals surface area contributed by atoms with Crippen molar-refractivity contribution in [2.75, 3.05) is 13.2 Å². The summed E-state index contributed by atoms with van der Waals surface area (Å²) in [5, 5.41) is 6.97. The highest BCUT2D eigenvalue weighted by Crippen LogP contribution is 2.48. The third kappa shape index (κ3) is 6.37. The van der Waals surface area contributed by atoms with E-state index in [1.807, 2.05) is 0 Å². The van der Waals surface area contributed by atoms with Gasteiger partial charge in [-0.1, -0.05) is 78.1 Å². The molecular formula is C26H38O2S2. The van der Waals surface area contributed by atoms with Crippen molar-refractivity contribution < 1.29 is 9.47 Å². The first-order valence-electron chi connectivity index (χ1n) is 12.0. The smallest absolute Gasteiger partial charge is 0.180 e. The summed E-state index contributed by atoms with van der Waals surface area (Å²) in [6.07, 6.45) is 15.4. The molecule has 0 aliphatic rings. The Morgan fingerprint density at radius 2 is 0.967 bits per heavy atom. The Labute approximate surface area is 190 Å². The van der Waals surface area contributed by atoms with Gasteiger partial charge in [0, 0.05) is 10.8 Å². The zero-order valence-electron chi connectivity index (χ0n) is 18.8. The first-order valence-corrected chi connectivity index (χ1v) is 13.8. The van der Waals surface area contributed by atoms with E-state index in [1.165, 1.54) is 84.4 Å². The molecule has 0 N–H and O–H groups in total. The summed E-state index contributed by atoms with van der Waals surface area (Å²) in [4.78, 5) is 0. The number of rotatable bonds is 16. The highest BCUT2D eigenvalue weighted by atomic mass is 32.1. The average Bonchev–Trinajstić information content (AvgIpc) is 3.42. The molecule has 0 atom stereocenters. The van der Waals surface area contributed by atoms with Crippen molar-refractivity contribution in [3.8, 4) is 11.5 Å². The lowest BCUT2D eigenvalue weighted by Gasteiger charge is -2.15. The van der Waals surface area contributed by atoms with E-state index in [0.717, 1.165) is 37.6 Å². The van der Waals surface area contributed by atoms with Crippen LogP contribution in [0.4, 0.5) is 0 Å². The second kappa shape index (κ2) is 13.2. The van der Waals surface area contributed by atoms with Gasteiger partial charge in [0.2, 0.25) is 0 Å². The number of fused-ring (bicyclic) bond motifs is 3. The Morgan fingerprint density at radius 3 is 1.40 bits per heavy atom. The molecule has 0 saturated heterocycles. The van der Waals surface area contributed by atoms with Gasteiger partial charge in [-0.05, 0) is 35.7 Å². The second-order valence-corrected chi connectivity index (χ2v) is 10.0. The molecule has 166 valence electrons. The molecule has 0 unspecified atom stereocenters. The molecule has 2 aromatic heterocycles. The summed E-state index contributed by atoms with van der Waals surface area (Å²) in [5.41, 5.74) is 0. The molecule has 30 heavy (non-hydrogen) atoms. The van der Waals surface area contributed by atoms with Crippen molar-refractivity contribution in [2.45, 2.75) is 90.9 Å². The number of unbranched alkanes of at least 4 members (excludes halogenated alkanes) is 10. The highest BCUT2D eigenvalue weighted by Gasteiger charge is 2.19. The molecule has 0 amide bonds. The van der Waals surface area contributed by atoms with Crippen LogP contribution in [0, 0.1) is 0 Å². The molecule has 4 heteroatoms. The highest BCUT2D eigenvalue weighted by molar-refractivity contribution is 7.19. The maximum absolute atomic E-state index is 6.40. The van der Waals surface area contributed by atoms with E-state index in [2.05, 4.69) is 36.7 Å². The quantitative estimate of drug-likeness (QED) is 0.204. The Kier molecular flexibility index (Phi) is 10.3. The van der Waals surface area contributed by atoms with Crippen LogP contribution < -0.4 is 9.47 Å². The lowest BCUT2D eigenvalue weighted by atomic mass is 10.1. The second-order valence-electron chi connectivity index (χ2n) is 8.22. The molecule has 3 rings (SSSR count). The zero-order chi connectivity index (χ0) is 21.0. The minimum absolute atomic E-state index is 0.781. The molecule has 0 fully saturated rings. The van der Waals surface area contributed by atoms with E-state index in [0.29, 0.717) is 0 Å². The Morgan fingerprint density at radius 1 is 0.567 bits per heavy atom.